The lowest BCUT2D eigenvalue weighted by Gasteiger charge is -2.17. The molecule has 4 rings (SSSR count). The quantitative estimate of drug-likeness (QED) is 0.184. The van der Waals surface area contributed by atoms with Crippen LogP contribution in [0, 0.1) is 4.84 Å². The molecule has 0 bridgehead atoms. The van der Waals surface area contributed by atoms with Crippen molar-refractivity contribution in [1.29, 1.82) is 0 Å². The molecule has 14 heteroatoms. The van der Waals surface area contributed by atoms with E-state index in [-0.39, 0.29) is 40.2 Å². The molecule has 0 unspecified atom stereocenters. The summed E-state index contributed by atoms with van der Waals surface area (Å²) in [5.41, 5.74) is 5.41. The number of H-pyrrole nitrogens is 1. The highest BCUT2D eigenvalue weighted by atomic mass is 32.1. The van der Waals surface area contributed by atoms with Crippen molar-refractivity contribution in [2.45, 2.75) is 39.2 Å². The number of benzene rings is 2. The van der Waals surface area contributed by atoms with Gasteiger partial charge >= 0.3 is 11.0 Å². The Morgan fingerprint density at radius 1 is 1.18 bits per heavy atom. The maximum atomic E-state index is 13.4. The first-order valence-corrected chi connectivity index (χ1v) is 12.1. The minimum atomic E-state index is -4.66. The summed E-state index contributed by atoms with van der Waals surface area (Å²) in [6.45, 7) is 3.26. The van der Waals surface area contributed by atoms with Gasteiger partial charge in [0.05, 0.1) is 17.5 Å². The fraction of sp³-hybridized carbons (Fsp3) is 0.240. The minimum Gasteiger partial charge on any atom is -0.399 e. The molecule has 2 heterocycles. The largest absolute Gasteiger partial charge is 0.416 e. The predicted octanol–water partition coefficient (Wildman–Crippen LogP) is 4.36. The molecule has 0 radical (unpaired) electrons. The van der Waals surface area contributed by atoms with E-state index < -0.39 is 29.8 Å². The lowest BCUT2D eigenvalue weighted by atomic mass is 10.1. The Balaban J connectivity index is 1.59. The zero-order valence-corrected chi connectivity index (χ0v) is 21.6. The van der Waals surface area contributed by atoms with Gasteiger partial charge in [0, 0.05) is 29.4 Å². The number of hydrogen-bond donors (Lipinski definition) is 4. The van der Waals surface area contributed by atoms with Crippen molar-refractivity contribution in [1.82, 2.24) is 25.0 Å². The number of rotatable bonds is 8. The van der Waals surface area contributed by atoms with Gasteiger partial charge in [-0.1, -0.05) is 24.3 Å². The molecular weight excluding hydrogens is 535 g/mol. The number of halogens is 3. The van der Waals surface area contributed by atoms with Gasteiger partial charge in [0.2, 0.25) is 5.91 Å². The van der Waals surface area contributed by atoms with Crippen LogP contribution in [0.2, 0.25) is 0 Å². The van der Waals surface area contributed by atoms with Crippen molar-refractivity contribution >= 4 is 29.6 Å². The number of nitrogens with one attached hydrogen (secondary N) is 3. The van der Waals surface area contributed by atoms with Gasteiger partial charge in [-0.2, -0.15) is 18.2 Å². The average molecular weight is 560 g/mol. The van der Waals surface area contributed by atoms with E-state index in [0.29, 0.717) is 5.82 Å². The highest BCUT2D eigenvalue weighted by Crippen LogP contribution is 2.34. The Morgan fingerprint density at radius 2 is 1.90 bits per heavy atom. The van der Waals surface area contributed by atoms with Gasteiger partial charge in [-0.15, -0.1) is 0 Å². The van der Waals surface area contributed by atoms with Crippen LogP contribution in [0.25, 0.3) is 22.6 Å². The van der Waals surface area contributed by atoms with Gasteiger partial charge < -0.3 is 20.9 Å². The number of aromatic amines is 1. The van der Waals surface area contributed by atoms with Gasteiger partial charge in [-0.25, -0.2) is 10.1 Å². The Hall–Kier alpha value is -4.46. The maximum Gasteiger partial charge on any atom is 0.416 e. The summed E-state index contributed by atoms with van der Waals surface area (Å²) in [6, 6.07) is 9.84. The van der Waals surface area contributed by atoms with Crippen LogP contribution >= 0.6 is 12.2 Å². The predicted molar refractivity (Wildman–Crippen MR) is 141 cm³/mol. The maximum absolute atomic E-state index is 13.4. The average Bonchev–Trinajstić information content (AvgIpc) is 3.30. The summed E-state index contributed by atoms with van der Waals surface area (Å²) >= 11 is 4.84. The molecule has 0 spiro atoms. The Labute approximate surface area is 225 Å². The first-order valence-electron chi connectivity index (χ1n) is 11.7. The van der Waals surface area contributed by atoms with E-state index in [2.05, 4.69) is 25.8 Å². The molecule has 0 atom stereocenters. The molecule has 0 fully saturated rings. The molecule has 0 saturated heterocycles. The van der Waals surface area contributed by atoms with Crippen molar-refractivity contribution in [2.24, 2.45) is 0 Å². The van der Waals surface area contributed by atoms with Crippen molar-refractivity contribution < 1.29 is 22.5 Å². The number of anilines is 2. The van der Waals surface area contributed by atoms with Crippen LogP contribution in [-0.2, 0) is 24.1 Å². The minimum absolute atomic E-state index is 0.00157. The summed E-state index contributed by atoms with van der Waals surface area (Å²) in [6.07, 6.45) is -3.42. The molecule has 0 aliphatic heterocycles. The molecule has 204 valence electrons. The van der Waals surface area contributed by atoms with Crippen LogP contribution in [0.3, 0.4) is 0 Å². The van der Waals surface area contributed by atoms with Gasteiger partial charge in [-0.05, 0) is 49.8 Å². The molecule has 4 aromatic rings. The summed E-state index contributed by atoms with van der Waals surface area (Å²) in [5.74, 6) is -0.116. The van der Waals surface area contributed by atoms with Crippen LogP contribution in [-0.4, -0.2) is 31.6 Å². The first-order chi connectivity index (χ1) is 18.4. The van der Waals surface area contributed by atoms with Crippen molar-refractivity contribution in [3.63, 3.8) is 0 Å². The van der Waals surface area contributed by atoms with Crippen LogP contribution in [0.1, 0.15) is 25.0 Å². The Morgan fingerprint density at radius 3 is 2.51 bits per heavy atom. The van der Waals surface area contributed by atoms with Crippen molar-refractivity contribution in [3.8, 4) is 22.6 Å². The van der Waals surface area contributed by atoms with Gasteiger partial charge in [0.15, 0.2) is 11.6 Å². The second-order valence-electron chi connectivity index (χ2n) is 8.93. The standard InChI is InChI=1S/C25H24F3N7O3S/c1-13(2)32-22-23(37)35(19(11-31-22)16-7-17(25(26,27)28)9-18(29)8-16)12-20(36)30-10-14-3-5-15(6-4-14)21-33-24(39)38-34-21/h3-9,11,13H,10,12,29H2,1-2H3,(H,30,36)(H,31,32)(H,33,34,39). The number of nitrogens with two attached hydrogens (primary N) is 1. The summed E-state index contributed by atoms with van der Waals surface area (Å²) in [5, 5.41) is 8.21. The van der Waals surface area contributed by atoms with Crippen LogP contribution in [0.5, 0.6) is 0 Å². The van der Waals surface area contributed by atoms with E-state index in [0.717, 1.165) is 27.8 Å². The third-order valence-electron chi connectivity index (χ3n) is 5.52. The van der Waals surface area contributed by atoms with Crippen LogP contribution in [0.4, 0.5) is 24.7 Å². The monoisotopic (exact) mass is 559 g/mol. The highest BCUT2D eigenvalue weighted by molar-refractivity contribution is 7.71. The molecule has 0 saturated carbocycles. The lowest BCUT2D eigenvalue weighted by Crippen LogP contribution is -2.35. The fourth-order valence-electron chi connectivity index (χ4n) is 3.74. The number of amides is 1. The molecule has 5 N–H and O–H groups in total. The van der Waals surface area contributed by atoms with Crippen molar-refractivity contribution in [2.75, 3.05) is 11.1 Å². The smallest absolute Gasteiger partial charge is 0.399 e. The molecule has 0 aliphatic rings. The molecule has 39 heavy (non-hydrogen) atoms. The number of alkyl halides is 3. The van der Waals surface area contributed by atoms with E-state index in [1.54, 1.807) is 38.1 Å². The Bertz CT molecular complexity index is 1610. The SMILES string of the molecule is CC(C)Nc1ncc(-c2cc(N)cc(C(F)(F)F)c2)n(CC(=O)NCc2ccc(-c3nc(=S)o[nH]3)cc2)c1=O. The number of hydrogen-bond acceptors (Lipinski definition) is 8. The number of carbonyl (C=O) groups is 1. The number of aromatic nitrogens is 4. The number of nitrogens with zero attached hydrogens (tertiary/aromatic N) is 3. The highest BCUT2D eigenvalue weighted by Gasteiger charge is 2.31. The van der Waals surface area contributed by atoms with E-state index >= 15 is 0 Å². The van der Waals surface area contributed by atoms with Crippen LogP contribution < -0.4 is 21.9 Å². The van der Waals surface area contributed by atoms with E-state index in [9.17, 15) is 22.8 Å². The normalized spacial score (nSPS) is 11.5. The molecule has 2 aromatic heterocycles. The van der Waals surface area contributed by atoms with E-state index in [4.69, 9.17) is 22.5 Å². The fourth-order valence-corrected chi connectivity index (χ4v) is 3.88. The van der Waals surface area contributed by atoms with Gasteiger partial charge in [-0.3, -0.25) is 14.2 Å². The second kappa shape index (κ2) is 11.1. The first kappa shape index (κ1) is 27.6. The number of nitrogen functional groups attached to an aromatic ring is 1. The Kier molecular flexibility index (Phi) is 7.85. The zero-order valence-electron chi connectivity index (χ0n) is 20.8. The lowest BCUT2D eigenvalue weighted by molar-refractivity contribution is -0.137. The summed E-state index contributed by atoms with van der Waals surface area (Å²) in [7, 11) is 0. The third-order valence-corrected chi connectivity index (χ3v) is 5.69. The van der Waals surface area contributed by atoms with Gasteiger partial charge in [0.25, 0.3) is 5.56 Å². The molecule has 10 nitrogen and oxygen atoms in total. The molecule has 0 aliphatic carbocycles. The summed E-state index contributed by atoms with van der Waals surface area (Å²) in [4.78, 5) is 34.3. The summed E-state index contributed by atoms with van der Waals surface area (Å²) < 4.78 is 46.2. The number of carbonyl (C=O) groups excluding carboxylic acids is 1. The molecule has 1 amide bonds. The second-order valence-corrected chi connectivity index (χ2v) is 9.28. The third kappa shape index (κ3) is 6.71. The molecular formula is C25H24F3N7O3S. The van der Waals surface area contributed by atoms with Crippen LogP contribution in [0.15, 0.2) is 58.0 Å². The van der Waals surface area contributed by atoms with Crippen molar-refractivity contribution in [3.05, 3.63) is 75.0 Å². The zero-order chi connectivity index (χ0) is 28.3. The van der Waals surface area contributed by atoms with E-state index in [1.165, 1.54) is 12.3 Å². The van der Waals surface area contributed by atoms with Gasteiger partial charge in [0.1, 0.15) is 6.54 Å². The molecule has 2 aromatic carbocycles. The van der Waals surface area contributed by atoms with E-state index in [1.807, 2.05) is 0 Å². The topological polar surface area (TPSA) is 144 Å².